The minimum Gasteiger partial charge on any atom is -0.508 e. The van der Waals surface area contributed by atoms with E-state index in [1.807, 2.05) is 30.3 Å². The number of rotatable bonds is 5. The van der Waals surface area contributed by atoms with E-state index >= 15 is 0 Å². The van der Waals surface area contributed by atoms with E-state index in [4.69, 9.17) is 4.98 Å². The maximum absolute atomic E-state index is 14.4. The maximum atomic E-state index is 14.4. The number of imidazole rings is 1. The molecule has 42 heavy (non-hydrogen) atoms. The molecule has 1 fully saturated rings. The van der Waals surface area contributed by atoms with Crippen molar-refractivity contribution in [3.8, 4) is 16.2 Å². The zero-order valence-corrected chi connectivity index (χ0v) is 25.4. The van der Waals surface area contributed by atoms with Gasteiger partial charge in [-0.1, -0.05) is 36.4 Å². The number of nitrogens with one attached hydrogen (secondary N) is 1. The number of fused-ring (bicyclic) bond motifs is 2. The molecular weight excluding hydrogens is 594 g/mol. The molecule has 0 spiro atoms. The third-order valence-electron chi connectivity index (χ3n) is 8.26. The highest BCUT2D eigenvalue weighted by Gasteiger charge is 2.39. The number of nitrogens with zero attached hydrogens (tertiary/aromatic N) is 3. The van der Waals surface area contributed by atoms with Gasteiger partial charge in [0.15, 0.2) is 0 Å². The van der Waals surface area contributed by atoms with Crippen LogP contribution in [0, 0.1) is 5.82 Å². The summed E-state index contributed by atoms with van der Waals surface area (Å²) < 4.78 is 14.4. The lowest BCUT2D eigenvalue weighted by Gasteiger charge is -2.29. The first kappa shape index (κ1) is 30.0. The summed E-state index contributed by atoms with van der Waals surface area (Å²) in [6, 6.07) is 21.4. The number of halogens is 3. The largest absolute Gasteiger partial charge is 0.508 e. The summed E-state index contributed by atoms with van der Waals surface area (Å²) in [6.45, 7) is 2.61. The van der Waals surface area contributed by atoms with Crippen LogP contribution in [0.25, 0.3) is 21.5 Å². The Balaban J connectivity index is 0.00000176. The van der Waals surface area contributed by atoms with Crippen LogP contribution in [0.1, 0.15) is 57.0 Å². The summed E-state index contributed by atoms with van der Waals surface area (Å²) >= 11 is 1.61. The number of hydrogen-bond donors (Lipinski definition) is 2. The van der Waals surface area contributed by atoms with Crippen LogP contribution in [0.2, 0.25) is 0 Å². The summed E-state index contributed by atoms with van der Waals surface area (Å²) in [5, 5.41) is 10.7. The molecule has 0 bridgehead atoms. The lowest BCUT2D eigenvalue weighted by Crippen LogP contribution is -2.31. The summed E-state index contributed by atoms with van der Waals surface area (Å²) in [5.41, 5.74) is 4.99. The second kappa shape index (κ2) is 12.1. The molecule has 0 aliphatic carbocycles. The average Bonchev–Trinajstić information content (AvgIpc) is 3.66. The van der Waals surface area contributed by atoms with Gasteiger partial charge in [0.2, 0.25) is 0 Å². The van der Waals surface area contributed by atoms with E-state index in [9.17, 15) is 14.3 Å². The number of thiophene rings is 1. The highest BCUT2D eigenvalue weighted by molar-refractivity contribution is 7.16. The van der Waals surface area contributed by atoms with Crippen molar-refractivity contribution in [1.82, 2.24) is 19.8 Å². The third kappa shape index (κ3) is 5.40. The smallest absolute Gasteiger partial charge is 0.256 e. The van der Waals surface area contributed by atoms with Gasteiger partial charge in [0, 0.05) is 15.3 Å². The number of aromatic nitrogens is 2. The van der Waals surface area contributed by atoms with Crippen molar-refractivity contribution in [3.05, 3.63) is 106 Å². The zero-order valence-electron chi connectivity index (χ0n) is 22.9. The standard InChI is InChI=1S/C32H29FN4O2S.2ClH/c1-36-14-12-20(13-15-36)19-6-8-21(9-7-19)28-17-24-29(40-28)18-37(32(24)39)30(23-16-22(33)10-11-27(23)38)31-34-25-4-2-3-5-26(25)35-31;;/h2-11,16-17,20,30,38H,12-15,18H2,1H3,(H,34,35);2*1H. The van der Waals surface area contributed by atoms with Crippen molar-refractivity contribution < 1.29 is 14.3 Å². The number of carbonyl (C=O) groups excluding carboxylic acids is 1. The van der Waals surface area contributed by atoms with E-state index in [0.29, 0.717) is 29.4 Å². The SMILES string of the molecule is CN1CCC(c2ccc(-c3cc4c(s3)CN(C(c3nc5ccccc5[nH]3)c3cc(F)ccc3O)C4=O)cc2)CC1.Cl.Cl. The monoisotopic (exact) mass is 624 g/mol. The molecule has 3 aromatic carbocycles. The highest BCUT2D eigenvalue weighted by Crippen LogP contribution is 2.43. The van der Waals surface area contributed by atoms with Gasteiger partial charge in [-0.25, -0.2) is 9.37 Å². The van der Waals surface area contributed by atoms with Gasteiger partial charge in [-0.05, 0) is 86.4 Å². The molecule has 5 aromatic rings. The zero-order chi connectivity index (χ0) is 27.4. The van der Waals surface area contributed by atoms with Crippen LogP contribution in [0.5, 0.6) is 5.75 Å². The molecule has 7 rings (SSSR count). The Morgan fingerprint density at radius 2 is 1.76 bits per heavy atom. The minimum absolute atomic E-state index is 0. The Kier molecular flexibility index (Phi) is 8.62. The predicted molar refractivity (Wildman–Crippen MR) is 170 cm³/mol. The second-order valence-electron chi connectivity index (χ2n) is 10.8. The number of carbonyl (C=O) groups is 1. The Bertz CT molecular complexity index is 1700. The van der Waals surface area contributed by atoms with Crippen LogP contribution in [0.4, 0.5) is 4.39 Å². The van der Waals surface area contributed by atoms with Crippen LogP contribution in [0.3, 0.4) is 0 Å². The fourth-order valence-corrected chi connectivity index (χ4v) is 7.19. The van der Waals surface area contributed by atoms with Crippen LogP contribution in [-0.2, 0) is 6.54 Å². The van der Waals surface area contributed by atoms with Crippen molar-refractivity contribution in [2.24, 2.45) is 0 Å². The highest BCUT2D eigenvalue weighted by atomic mass is 35.5. The number of phenolic OH excluding ortho intramolecular Hbond substituents is 1. The molecule has 4 heterocycles. The normalized spacial score (nSPS) is 16.2. The van der Waals surface area contributed by atoms with Gasteiger partial charge >= 0.3 is 0 Å². The number of benzene rings is 3. The summed E-state index contributed by atoms with van der Waals surface area (Å²) in [4.78, 5) is 27.9. The molecule has 1 saturated heterocycles. The molecule has 6 nitrogen and oxygen atoms in total. The van der Waals surface area contributed by atoms with Gasteiger partial charge in [0.05, 0.1) is 23.1 Å². The molecule has 2 N–H and O–H groups in total. The minimum atomic E-state index is -0.771. The molecule has 218 valence electrons. The molecule has 1 atom stereocenters. The van der Waals surface area contributed by atoms with Gasteiger partial charge in [-0.3, -0.25) is 4.79 Å². The molecule has 1 amide bonds. The van der Waals surface area contributed by atoms with Crippen LogP contribution in [-0.4, -0.2) is 50.9 Å². The molecule has 2 aromatic heterocycles. The Hall–Kier alpha value is -3.43. The molecule has 1 unspecified atom stereocenters. The van der Waals surface area contributed by atoms with Gasteiger partial charge in [-0.2, -0.15) is 0 Å². The first-order valence-corrected chi connectivity index (χ1v) is 14.4. The van der Waals surface area contributed by atoms with Crippen LogP contribution < -0.4 is 0 Å². The van der Waals surface area contributed by atoms with Crippen molar-refractivity contribution in [2.45, 2.75) is 31.3 Å². The van der Waals surface area contributed by atoms with Crippen molar-refractivity contribution in [1.29, 1.82) is 0 Å². The summed E-state index contributed by atoms with van der Waals surface area (Å²) in [7, 11) is 2.18. The first-order valence-electron chi connectivity index (χ1n) is 13.6. The van der Waals surface area contributed by atoms with Gasteiger partial charge < -0.3 is 19.9 Å². The lowest BCUT2D eigenvalue weighted by molar-refractivity contribution is 0.0724. The molecule has 0 radical (unpaired) electrons. The summed E-state index contributed by atoms with van der Waals surface area (Å²) in [6.07, 6.45) is 2.36. The van der Waals surface area contributed by atoms with E-state index in [2.05, 4.69) is 41.2 Å². The number of aromatic amines is 1. The molecule has 10 heteroatoms. The number of amides is 1. The van der Waals surface area contributed by atoms with Gasteiger partial charge in [0.25, 0.3) is 5.91 Å². The number of hydrogen-bond acceptors (Lipinski definition) is 5. The van der Waals surface area contributed by atoms with Crippen molar-refractivity contribution >= 4 is 53.1 Å². The van der Waals surface area contributed by atoms with E-state index < -0.39 is 11.9 Å². The number of para-hydroxylation sites is 2. The van der Waals surface area contributed by atoms with E-state index in [1.165, 1.54) is 36.6 Å². The Morgan fingerprint density at radius 1 is 1.02 bits per heavy atom. The topological polar surface area (TPSA) is 72.5 Å². The molecular formula is C32H31Cl2FN4O2S. The van der Waals surface area contributed by atoms with Crippen molar-refractivity contribution in [3.63, 3.8) is 0 Å². The van der Waals surface area contributed by atoms with Crippen LogP contribution >= 0.6 is 36.2 Å². The third-order valence-corrected chi connectivity index (χ3v) is 9.43. The fourth-order valence-electron chi connectivity index (χ4n) is 6.03. The molecule has 2 aliphatic heterocycles. The predicted octanol–water partition coefficient (Wildman–Crippen LogP) is 7.53. The number of aromatic hydroxyl groups is 1. The number of phenols is 1. The Labute approximate surface area is 260 Å². The number of likely N-dealkylation sites (tertiary alicyclic amines) is 1. The average molecular weight is 626 g/mol. The fraction of sp³-hybridized carbons (Fsp3) is 0.250. The van der Waals surface area contributed by atoms with E-state index in [0.717, 1.165) is 39.4 Å². The quantitative estimate of drug-likeness (QED) is 0.212. The van der Waals surface area contributed by atoms with Crippen molar-refractivity contribution in [2.75, 3.05) is 20.1 Å². The first-order chi connectivity index (χ1) is 19.4. The lowest BCUT2D eigenvalue weighted by atomic mass is 9.89. The molecule has 2 aliphatic rings. The maximum Gasteiger partial charge on any atom is 0.256 e. The Morgan fingerprint density at radius 3 is 2.48 bits per heavy atom. The second-order valence-corrected chi connectivity index (χ2v) is 12.0. The van der Waals surface area contributed by atoms with E-state index in [-0.39, 0.29) is 36.5 Å². The molecule has 0 saturated carbocycles. The number of piperidine rings is 1. The van der Waals surface area contributed by atoms with E-state index in [1.54, 1.807) is 16.2 Å². The van der Waals surface area contributed by atoms with Crippen LogP contribution in [0.15, 0.2) is 72.8 Å². The van der Waals surface area contributed by atoms with Gasteiger partial charge in [0.1, 0.15) is 23.4 Å². The van der Waals surface area contributed by atoms with Gasteiger partial charge in [-0.15, -0.1) is 36.2 Å². The summed E-state index contributed by atoms with van der Waals surface area (Å²) in [5.74, 6) is 0.356. The number of H-pyrrole nitrogens is 1.